The minimum atomic E-state index is 0. The number of ether oxygens (including phenoxy) is 2. The maximum atomic E-state index is 5.86. The van der Waals surface area contributed by atoms with Crippen LogP contribution in [-0.2, 0) is 22.6 Å². The van der Waals surface area contributed by atoms with E-state index in [9.17, 15) is 0 Å². The highest BCUT2D eigenvalue weighted by Crippen LogP contribution is 2.15. The third kappa shape index (κ3) is 11.5. The van der Waals surface area contributed by atoms with Gasteiger partial charge in [0.05, 0.1) is 6.54 Å². The van der Waals surface area contributed by atoms with Gasteiger partial charge in [0.25, 0.3) is 0 Å². The molecule has 0 radical (unpaired) electrons. The van der Waals surface area contributed by atoms with Crippen LogP contribution in [0.4, 0.5) is 0 Å². The summed E-state index contributed by atoms with van der Waals surface area (Å²) < 4.78 is 11.3. The molecule has 31 heavy (non-hydrogen) atoms. The largest absolute Gasteiger partial charge is 0.381 e. The first-order chi connectivity index (χ1) is 14.8. The molecule has 0 aromatic heterocycles. The van der Waals surface area contributed by atoms with E-state index >= 15 is 0 Å². The van der Waals surface area contributed by atoms with E-state index in [4.69, 9.17) is 14.5 Å². The Morgan fingerprint density at radius 2 is 1.81 bits per heavy atom. The van der Waals surface area contributed by atoms with Gasteiger partial charge >= 0.3 is 0 Å². The van der Waals surface area contributed by atoms with Crippen LogP contribution in [0.15, 0.2) is 29.3 Å². The lowest BCUT2D eigenvalue weighted by atomic mass is 10.0. The Morgan fingerprint density at radius 1 is 1.10 bits per heavy atom. The molecule has 6 nitrogen and oxygen atoms in total. The van der Waals surface area contributed by atoms with Crippen LogP contribution < -0.4 is 10.6 Å². The summed E-state index contributed by atoms with van der Waals surface area (Å²) in [7, 11) is 0. The quantitative estimate of drug-likeness (QED) is 0.169. The van der Waals surface area contributed by atoms with Gasteiger partial charge in [-0.15, -0.1) is 24.0 Å². The van der Waals surface area contributed by atoms with Crippen molar-refractivity contribution in [2.45, 2.75) is 53.1 Å². The zero-order valence-electron chi connectivity index (χ0n) is 19.7. The summed E-state index contributed by atoms with van der Waals surface area (Å²) in [6.45, 7) is 15.5. The van der Waals surface area contributed by atoms with Crippen LogP contribution >= 0.6 is 24.0 Å². The Hall–Kier alpha value is -0.900. The van der Waals surface area contributed by atoms with E-state index in [1.807, 2.05) is 0 Å². The van der Waals surface area contributed by atoms with Gasteiger partial charge in [-0.2, -0.15) is 0 Å². The summed E-state index contributed by atoms with van der Waals surface area (Å²) in [5, 5.41) is 6.79. The van der Waals surface area contributed by atoms with Gasteiger partial charge in [-0.1, -0.05) is 38.1 Å². The van der Waals surface area contributed by atoms with E-state index < -0.39 is 0 Å². The van der Waals surface area contributed by atoms with E-state index in [0.29, 0.717) is 12.5 Å². The topological polar surface area (TPSA) is 58.1 Å². The minimum absolute atomic E-state index is 0. The van der Waals surface area contributed by atoms with Crippen LogP contribution in [0.25, 0.3) is 0 Å². The van der Waals surface area contributed by atoms with Crippen molar-refractivity contribution in [3.05, 3.63) is 35.4 Å². The Bertz CT molecular complexity index is 605. The zero-order chi connectivity index (χ0) is 21.4. The predicted octanol–water partition coefficient (Wildman–Crippen LogP) is 4.03. The summed E-state index contributed by atoms with van der Waals surface area (Å²) in [5.41, 5.74) is 2.66. The van der Waals surface area contributed by atoms with Crippen molar-refractivity contribution in [1.82, 2.24) is 15.5 Å². The van der Waals surface area contributed by atoms with Gasteiger partial charge in [0.2, 0.25) is 0 Å². The van der Waals surface area contributed by atoms with E-state index in [0.717, 1.165) is 84.4 Å². The molecule has 0 aliphatic carbocycles. The van der Waals surface area contributed by atoms with Crippen molar-refractivity contribution in [3.63, 3.8) is 0 Å². The van der Waals surface area contributed by atoms with Crippen LogP contribution in [0, 0.1) is 5.92 Å². The number of guanidine groups is 1. The fourth-order valence-electron chi connectivity index (χ4n) is 3.60. The first kappa shape index (κ1) is 28.1. The highest BCUT2D eigenvalue weighted by Gasteiger charge is 2.13. The molecule has 1 heterocycles. The lowest BCUT2D eigenvalue weighted by Crippen LogP contribution is -2.38. The van der Waals surface area contributed by atoms with Crippen molar-refractivity contribution in [1.29, 1.82) is 0 Å². The smallest absolute Gasteiger partial charge is 0.191 e. The van der Waals surface area contributed by atoms with Crippen molar-refractivity contribution in [2.24, 2.45) is 10.9 Å². The Labute approximate surface area is 206 Å². The molecule has 2 rings (SSSR count). The Kier molecular flexibility index (Phi) is 16.0. The van der Waals surface area contributed by atoms with Gasteiger partial charge in [-0.3, -0.25) is 4.90 Å². The van der Waals surface area contributed by atoms with Gasteiger partial charge in [0.15, 0.2) is 5.96 Å². The average Bonchev–Trinajstić information content (AvgIpc) is 2.79. The molecular formula is C24H43IN4O2. The molecule has 7 heteroatoms. The molecule has 1 saturated heterocycles. The van der Waals surface area contributed by atoms with Crippen LogP contribution in [0.3, 0.4) is 0 Å². The summed E-state index contributed by atoms with van der Waals surface area (Å²) in [4.78, 5) is 7.25. The summed E-state index contributed by atoms with van der Waals surface area (Å²) in [6.07, 6.45) is 3.24. The fraction of sp³-hybridized carbons (Fsp3) is 0.708. The van der Waals surface area contributed by atoms with E-state index in [2.05, 4.69) is 60.6 Å². The molecule has 0 bridgehead atoms. The van der Waals surface area contributed by atoms with Gasteiger partial charge in [0, 0.05) is 46.1 Å². The van der Waals surface area contributed by atoms with Gasteiger partial charge < -0.3 is 20.1 Å². The van der Waals surface area contributed by atoms with E-state index in [-0.39, 0.29) is 24.0 Å². The second kappa shape index (κ2) is 17.6. The first-order valence-corrected chi connectivity index (χ1v) is 11.7. The standard InChI is InChI=1S/C24H42N4O2.HI/c1-4-25-24(26-14-9-15-30-20-21-12-16-29-17-13-21)27-18-22-10-7-8-11-23(22)19-28(5-2)6-3;/h7-8,10-11,21H,4-6,9,12-20H2,1-3H3,(H2,25,26,27);1H. The van der Waals surface area contributed by atoms with E-state index in [1.54, 1.807) is 0 Å². The number of hydrogen-bond donors (Lipinski definition) is 2. The maximum Gasteiger partial charge on any atom is 0.191 e. The molecule has 1 aliphatic rings. The number of hydrogen-bond acceptors (Lipinski definition) is 4. The average molecular weight is 547 g/mol. The van der Waals surface area contributed by atoms with Crippen molar-refractivity contribution in [2.75, 3.05) is 52.6 Å². The summed E-state index contributed by atoms with van der Waals surface area (Å²) in [5.74, 6) is 1.54. The highest BCUT2D eigenvalue weighted by molar-refractivity contribution is 14.0. The predicted molar refractivity (Wildman–Crippen MR) is 140 cm³/mol. The molecule has 1 aromatic carbocycles. The molecule has 0 atom stereocenters. The second-order valence-electron chi connectivity index (χ2n) is 7.84. The number of benzene rings is 1. The van der Waals surface area contributed by atoms with Crippen molar-refractivity contribution >= 4 is 29.9 Å². The molecule has 2 N–H and O–H groups in total. The fourth-order valence-corrected chi connectivity index (χ4v) is 3.60. The van der Waals surface area contributed by atoms with E-state index in [1.165, 1.54) is 11.1 Å². The van der Waals surface area contributed by atoms with Crippen LogP contribution in [0.5, 0.6) is 0 Å². The number of aliphatic imine (C=N–C) groups is 1. The molecule has 0 saturated carbocycles. The number of nitrogens with zero attached hydrogens (tertiary/aromatic N) is 2. The van der Waals surface area contributed by atoms with Gasteiger partial charge in [-0.25, -0.2) is 4.99 Å². The molecule has 178 valence electrons. The first-order valence-electron chi connectivity index (χ1n) is 11.7. The molecule has 1 fully saturated rings. The molecule has 0 spiro atoms. The normalized spacial score (nSPS) is 15.0. The molecule has 1 aliphatic heterocycles. The molecule has 0 amide bonds. The van der Waals surface area contributed by atoms with Crippen LogP contribution in [0.2, 0.25) is 0 Å². The van der Waals surface area contributed by atoms with Crippen molar-refractivity contribution in [3.8, 4) is 0 Å². The summed E-state index contributed by atoms with van der Waals surface area (Å²) >= 11 is 0. The Balaban J connectivity index is 0.00000480. The van der Waals surface area contributed by atoms with Crippen LogP contribution in [0.1, 0.15) is 51.2 Å². The number of nitrogens with one attached hydrogen (secondary N) is 2. The monoisotopic (exact) mass is 546 g/mol. The third-order valence-corrected chi connectivity index (χ3v) is 5.61. The highest BCUT2D eigenvalue weighted by atomic mass is 127. The number of halogens is 1. The molecule has 0 unspecified atom stereocenters. The number of rotatable bonds is 13. The Morgan fingerprint density at radius 3 is 2.48 bits per heavy atom. The second-order valence-corrected chi connectivity index (χ2v) is 7.84. The van der Waals surface area contributed by atoms with Gasteiger partial charge in [-0.05, 0) is 56.3 Å². The minimum Gasteiger partial charge on any atom is -0.381 e. The zero-order valence-corrected chi connectivity index (χ0v) is 22.0. The molecule has 1 aromatic rings. The lowest BCUT2D eigenvalue weighted by molar-refractivity contribution is 0.0203. The SMILES string of the molecule is CCNC(=NCc1ccccc1CN(CC)CC)NCCCOCC1CCOCC1.I. The summed E-state index contributed by atoms with van der Waals surface area (Å²) in [6, 6.07) is 8.64. The molecular weight excluding hydrogens is 503 g/mol. The van der Waals surface area contributed by atoms with Crippen molar-refractivity contribution < 1.29 is 9.47 Å². The lowest BCUT2D eigenvalue weighted by Gasteiger charge is -2.21. The third-order valence-electron chi connectivity index (χ3n) is 5.61. The van der Waals surface area contributed by atoms with Gasteiger partial charge in [0.1, 0.15) is 0 Å². The van der Waals surface area contributed by atoms with Crippen LogP contribution in [-0.4, -0.2) is 63.5 Å². The maximum absolute atomic E-state index is 5.86.